The molecule has 0 radical (unpaired) electrons. The van der Waals surface area contributed by atoms with Crippen LogP contribution in [0.3, 0.4) is 0 Å². The number of rotatable bonds is 14. The van der Waals surface area contributed by atoms with Crippen LogP contribution in [0, 0.1) is 17.3 Å². The summed E-state index contributed by atoms with van der Waals surface area (Å²) in [5.74, 6) is 1.05. The summed E-state index contributed by atoms with van der Waals surface area (Å²) in [4.78, 5) is 11.7. The summed E-state index contributed by atoms with van der Waals surface area (Å²) in [5, 5.41) is 18.9. The zero-order valence-corrected chi connectivity index (χ0v) is 21.9. The van der Waals surface area contributed by atoms with Gasteiger partial charge in [-0.15, -0.1) is 5.10 Å². The Morgan fingerprint density at radius 3 is 2.54 bits per heavy atom. The van der Waals surface area contributed by atoms with Gasteiger partial charge in [-0.05, 0) is 67.8 Å². The maximum absolute atomic E-state index is 11.7. The van der Waals surface area contributed by atoms with Crippen LogP contribution < -0.4 is 0 Å². The molecule has 0 amide bonds. The van der Waals surface area contributed by atoms with Crippen LogP contribution in [-0.4, -0.2) is 32.7 Å². The summed E-state index contributed by atoms with van der Waals surface area (Å²) in [5.41, 5.74) is 3.68. The number of aromatic nitrogens is 3. The van der Waals surface area contributed by atoms with E-state index in [2.05, 4.69) is 54.8 Å². The van der Waals surface area contributed by atoms with Crippen LogP contribution in [0.2, 0.25) is 0 Å². The Morgan fingerprint density at radius 2 is 1.91 bits per heavy atom. The highest BCUT2D eigenvalue weighted by Crippen LogP contribution is 2.50. The molecule has 4 rings (SSSR count). The minimum atomic E-state index is -0.767. The molecule has 6 heteroatoms. The van der Waals surface area contributed by atoms with Crippen molar-refractivity contribution in [3.05, 3.63) is 47.3 Å². The third kappa shape index (κ3) is 6.72. The van der Waals surface area contributed by atoms with Crippen LogP contribution >= 0.6 is 0 Å². The number of nitrogens with zero attached hydrogens (tertiary/aromatic N) is 3. The Morgan fingerprint density at radius 1 is 1.20 bits per heavy atom. The first-order valence-electron chi connectivity index (χ1n) is 13.5. The number of hydrogen-bond acceptors (Lipinski definition) is 4. The first-order chi connectivity index (χ1) is 16.7. The minimum absolute atomic E-state index is 0.104. The third-order valence-electron chi connectivity index (χ3n) is 8.42. The van der Waals surface area contributed by atoms with E-state index >= 15 is 0 Å². The molecule has 1 aromatic carbocycles. The van der Waals surface area contributed by atoms with Crippen molar-refractivity contribution in [1.82, 2.24) is 15.0 Å². The number of carboxylic acid groups (broad SMARTS) is 1. The quantitative estimate of drug-likeness (QED) is 0.303. The predicted molar refractivity (Wildman–Crippen MR) is 137 cm³/mol. The molecule has 1 aromatic heterocycles. The van der Waals surface area contributed by atoms with Crippen molar-refractivity contribution >= 4 is 5.97 Å². The summed E-state index contributed by atoms with van der Waals surface area (Å²) in [6.07, 6.45) is 7.59. The minimum Gasteiger partial charge on any atom is -0.481 e. The second-order valence-corrected chi connectivity index (χ2v) is 11.9. The van der Waals surface area contributed by atoms with Gasteiger partial charge in [-0.3, -0.25) is 4.79 Å². The van der Waals surface area contributed by atoms with Crippen molar-refractivity contribution in [3.8, 4) is 0 Å². The smallest absolute Gasteiger partial charge is 0.304 e. The summed E-state index contributed by atoms with van der Waals surface area (Å²) >= 11 is 0. The van der Waals surface area contributed by atoms with Crippen LogP contribution in [0.15, 0.2) is 30.3 Å². The van der Waals surface area contributed by atoms with Crippen LogP contribution in [-0.2, 0) is 16.1 Å². The van der Waals surface area contributed by atoms with Gasteiger partial charge in [-0.25, -0.2) is 4.68 Å². The molecular weight excluding hydrogens is 438 g/mol. The zero-order valence-electron chi connectivity index (χ0n) is 21.9. The summed E-state index contributed by atoms with van der Waals surface area (Å²) in [6, 6.07) is 10.6. The monoisotopic (exact) mass is 481 g/mol. The molecule has 192 valence electrons. The molecule has 1 heterocycles. The van der Waals surface area contributed by atoms with Crippen molar-refractivity contribution in [1.29, 1.82) is 0 Å². The van der Waals surface area contributed by atoms with Gasteiger partial charge in [-0.2, -0.15) is 0 Å². The van der Waals surface area contributed by atoms with Crippen molar-refractivity contribution in [3.63, 3.8) is 0 Å². The van der Waals surface area contributed by atoms with E-state index in [1.165, 1.54) is 12.1 Å². The lowest BCUT2D eigenvalue weighted by atomic mass is 9.67. The van der Waals surface area contributed by atoms with Gasteiger partial charge in [0.1, 0.15) is 0 Å². The van der Waals surface area contributed by atoms with Crippen molar-refractivity contribution in [2.24, 2.45) is 17.3 Å². The molecule has 2 aliphatic rings. The summed E-state index contributed by atoms with van der Waals surface area (Å²) in [6.45, 7) is 10.6. The second kappa shape index (κ2) is 11.2. The number of carbonyl (C=O) groups is 1. The molecule has 0 saturated heterocycles. The second-order valence-electron chi connectivity index (χ2n) is 11.9. The van der Waals surface area contributed by atoms with Gasteiger partial charge in [0, 0.05) is 18.4 Å². The maximum Gasteiger partial charge on any atom is 0.304 e. The Bertz CT molecular complexity index is 959. The summed E-state index contributed by atoms with van der Waals surface area (Å²) < 4.78 is 8.04. The Balaban J connectivity index is 1.37. The molecule has 0 spiro atoms. The molecule has 1 N–H and O–H groups in total. The Labute approximate surface area is 210 Å². The van der Waals surface area contributed by atoms with Crippen LogP contribution in [0.1, 0.15) is 114 Å². The van der Waals surface area contributed by atoms with E-state index in [0.29, 0.717) is 36.5 Å². The SMILES string of the molecule is CC(C)C(C)(C)C[C@H]1C[C@@H](n2nnc([C@@H](CCCOCc3ccccc3)CC(=O)O)c2C2CC2)C1. The number of carboxylic acids is 1. The highest BCUT2D eigenvalue weighted by Gasteiger charge is 2.41. The molecule has 0 bridgehead atoms. The van der Waals surface area contributed by atoms with Gasteiger partial charge in [0.05, 0.1) is 30.5 Å². The number of hydrogen-bond donors (Lipinski definition) is 1. The van der Waals surface area contributed by atoms with Crippen LogP contribution in [0.4, 0.5) is 0 Å². The standard InChI is InChI=1S/C29H43N3O3/c1-20(2)29(3,4)18-22-15-25(16-22)32-28(23-12-13-23)27(30-31-32)24(17-26(33)34)11-8-14-35-19-21-9-6-5-7-10-21/h5-7,9-10,20,22-25H,8,11-19H2,1-4H3,(H,33,34)/t22-,24-,25+/m0/s1. The first-order valence-corrected chi connectivity index (χ1v) is 13.5. The van der Waals surface area contributed by atoms with E-state index < -0.39 is 5.97 Å². The molecule has 0 unspecified atom stereocenters. The topological polar surface area (TPSA) is 77.2 Å². The zero-order chi connectivity index (χ0) is 25.0. The number of aliphatic carboxylic acids is 1. The Kier molecular flexibility index (Phi) is 8.31. The molecular formula is C29H43N3O3. The molecule has 35 heavy (non-hydrogen) atoms. The lowest BCUT2D eigenvalue weighted by Crippen LogP contribution is -2.33. The van der Waals surface area contributed by atoms with Gasteiger partial charge in [0.25, 0.3) is 0 Å². The highest BCUT2D eigenvalue weighted by molar-refractivity contribution is 5.68. The third-order valence-corrected chi connectivity index (χ3v) is 8.42. The van der Waals surface area contributed by atoms with Gasteiger partial charge in [0.15, 0.2) is 0 Å². The fourth-order valence-corrected chi connectivity index (χ4v) is 5.42. The van der Waals surface area contributed by atoms with Crippen molar-refractivity contribution in [2.75, 3.05) is 6.61 Å². The van der Waals surface area contributed by atoms with Gasteiger partial charge in [-0.1, -0.05) is 63.2 Å². The van der Waals surface area contributed by atoms with E-state index in [4.69, 9.17) is 4.74 Å². The van der Waals surface area contributed by atoms with Crippen molar-refractivity contribution < 1.29 is 14.6 Å². The highest BCUT2D eigenvalue weighted by atomic mass is 16.5. The molecule has 2 aromatic rings. The lowest BCUT2D eigenvalue weighted by Gasteiger charge is -2.42. The first kappa shape index (κ1) is 25.9. The fourth-order valence-electron chi connectivity index (χ4n) is 5.42. The van der Waals surface area contributed by atoms with E-state index in [1.807, 2.05) is 18.2 Å². The van der Waals surface area contributed by atoms with Crippen LogP contribution in [0.25, 0.3) is 0 Å². The van der Waals surface area contributed by atoms with Gasteiger partial charge >= 0.3 is 5.97 Å². The van der Waals surface area contributed by atoms with Gasteiger partial charge in [0.2, 0.25) is 0 Å². The number of ether oxygens (including phenoxy) is 1. The maximum atomic E-state index is 11.7. The van der Waals surface area contributed by atoms with E-state index in [-0.39, 0.29) is 12.3 Å². The molecule has 2 aliphatic carbocycles. The Hall–Kier alpha value is -2.21. The van der Waals surface area contributed by atoms with E-state index in [1.54, 1.807) is 0 Å². The van der Waals surface area contributed by atoms with E-state index in [9.17, 15) is 9.90 Å². The average molecular weight is 482 g/mol. The van der Waals surface area contributed by atoms with Crippen molar-refractivity contribution in [2.45, 2.75) is 104 Å². The normalized spacial score (nSPS) is 21.2. The fraction of sp³-hybridized carbons (Fsp3) is 0.690. The van der Waals surface area contributed by atoms with Crippen LogP contribution in [0.5, 0.6) is 0 Å². The lowest BCUT2D eigenvalue weighted by molar-refractivity contribution is -0.137. The van der Waals surface area contributed by atoms with Gasteiger partial charge < -0.3 is 9.84 Å². The number of benzene rings is 1. The molecule has 2 fully saturated rings. The summed E-state index contributed by atoms with van der Waals surface area (Å²) in [7, 11) is 0. The predicted octanol–water partition coefficient (Wildman–Crippen LogP) is 6.73. The molecule has 2 saturated carbocycles. The average Bonchev–Trinajstić information content (AvgIpc) is 3.54. The molecule has 1 atom stereocenters. The largest absolute Gasteiger partial charge is 0.481 e. The molecule has 0 aliphatic heterocycles. The molecule has 6 nitrogen and oxygen atoms in total. The van der Waals surface area contributed by atoms with E-state index in [0.717, 1.165) is 55.7 Å².